The third kappa shape index (κ3) is 4.00. The highest BCUT2D eigenvalue weighted by molar-refractivity contribution is 7.89. The van der Waals surface area contributed by atoms with Gasteiger partial charge in [-0.2, -0.15) is 9.40 Å². The highest BCUT2D eigenvalue weighted by Gasteiger charge is 2.23. The number of carbonyl (C=O) groups excluding carboxylic acids is 1. The molecule has 9 heteroatoms. The van der Waals surface area contributed by atoms with Gasteiger partial charge in [-0.05, 0) is 43.2 Å². The van der Waals surface area contributed by atoms with E-state index in [0.717, 1.165) is 11.1 Å². The highest BCUT2D eigenvalue weighted by Crippen LogP contribution is 2.26. The SMILES string of the molecule is CCN(CC)S(=O)(=O)c1cc(C)c(C)c(NC(=O)c2ccc(=O)[nH]n2)c1. The van der Waals surface area contributed by atoms with Crippen molar-refractivity contribution in [3.63, 3.8) is 0 Å². The number of amides is 1. The Balaban J connectivity index is 2.43. The van der Waals surface area contributed by atoms with Crippen LogP contribution in [0.5, 0.6) is 0 Å². The molecule has 0 fully saturated rings. The van der Waals surface area contributed by atoms with Crippen LogP contribution in [0, 0.1) is 13.8 Å². The van der Waals surface area contributed by atoms with Gasteiger partial charge in [0.15, 0.2) is 0 Å². The van der Waals surface area contributed by atoms with Gasteiger partial charge in [-0.15, -0.1) is 0 Å². The molecule has 2 aromatic rings. The fourth-order valence-corrected chi connectivity index (χ4v) is 4.05. The molecule has 0 aliphatic carbocycles. The van der Waals surface area contributed by atoms with E-state index in [1.165, 1.54) is 22.5 Å². The maximum Gasteiger partial charge on any atom is 0.276 e. The van der Waals surface area contributed by atoms with Crippen LogP contribution in [0.1, 0.15) is 35.5 Å². The van der Waals surface area contributed by atoms with Crippen molar-refractivity contribution in [3.05, 3.63) is 51.4 Å². The summed E-state index contributed by atoms with van der Waals surface area (Å²) in [7, 11) is -3.65. The first-order valence-corrected chi connectivity index (χ1v) is 9.63. The molecule has 1 aromatic carbocycles. The molecule has 0 saturated heterocycles. The van der Waals surface area contributed by atoms with Gasteiger partial charge in [-0.25, -0.2) is 13.5 Å². The van der Waals surface area contributed by atoms with Crippen LogP contribution in [0.15, 0.2) is 34.0 Å². The number of aryl methyl sites for hydroxylation is 1. The second-order valence-corrected chi connectivity index (χ2v) is 7.70. The predicted molar refractivity (Wildman–Crippen MR) is 98.8 cm³/mol. The molecule has 0 unspecified atom stereocenters. The molecular formula is C17H22N4O4S. The van der Waals surface area contributed by atoms with Gasteiger partial charge in [0.05, 0.1) is 4.90 Å². The normalized spacial score (nSPS) is 11.6. The highest BCUT2D eigenvalue weighted by atomic mass is 32.2. The van der Waals surface area contributed by atoms with Crippen LogP contribution < -0.4 is 10.9 Å². The monoisotopic (exact) mass is 378 g/mol. The number of sulfonamides is 1. The van der Waals surface area contributed by atoms with Gasteiger partial charge in [0.1, 0.15) is 5.69 Å². The van der Waals surface area contributed by atoms with E-state index in [4.69, 9.17) is 0 Å². The lowest BCUT2D eigenvalue weighted by Crippen LogP contribution is -2.30. The summed E-state index contributed by atoms with van der Waals surface area (Å²) in [4.78, 5) is 23.5. The number of nitrogens with zero attached hydrogens (tertiary/aromatic N) is 2. The van der Waals surface area contributed by atoms with Gasteiger partial charge in [0.25, 0.3) is 11.5 Å². The number of hydrogen-bond acceptors (Lipinski definition) is 5. The van der Waals surface area contributed by atoms with Gasteiger partial charge in [0, 0.05) is 24.8 Å². The van der Waals surface area contributed by atoms with Crippen molar-refractivity contribution >= 4 is 21.6 Å². The Kier molecular flexibility index (Phi) is 5.94. The van der Waals surface area contributed by atoms with Crippen LogP contribution in [-0.2, 0) is 10.0 Å². The van der Waals surface area contributed by atoms with E-state index in [9.17, 15) is 18.0 Å². The van der Waals surface area contributed by atoms with Crippen LogP contribution in [-0.4, -0.2) is 41.9 Å². The van der Waals surface area contributed by atoms with Crippen LogP contribution in [0.25, 0.3) is 0 Å². The zero-order valence-electron chi connectivity index (χ0n) is 15.2. The third-order valence-corrected chi connectivity index (χ3v) is 6.17. The molecule has 1 amide bonds. The topological polar surface area (TPSA) is 112 Å². The molecule has 0 aliphatic heterocycles. The Hall–Kier alpha value is -2.52. The molecule has 26 heavy (non-hydrogen) atoms. The van der Waals surface area contributed by atoms with Crippen molar-refractivity contribution in [2.24, 2.45) is 0 Å². The van der Waals surface area contributed by atoms with E-state index in [1.807, 2.05) is 0 Å². The maximum atomic E-state index is 12.8. The average Bonchev–Trinajstić information content (AvgIpc) is 2.60. The van der Waals surface area contributed by atoms with E-state index in [-0.39, 0.29) is 10.6 Å². The number of benzene rings is 1. The van der Waals surface area contributed by atoms with Gasteiger partial charge in [-0.3, -0.25) is 9.59 Å². The second-order valence-electron chi connectivity index (χ2n) is 5.76. The standard InChI is InChI=1S/C17H22N4O4S/c1-5-21(6-2)26(24,25)13-9-11(3)12(4)15(10-13)18-17(23)14-7-8-16(22)20-19-14/h7-10H,5-6H2,1-4H3,(H,18,23)(H,20,22). The molecule has 0 saturated carbocycles. The Labute approximate surface area is 152 Å². The first-order valence-electron chi connectivity index (χ1n) is 8.19. The molecular weight excluding hydrogens is 356 g/mol. The minimum Gasteiger partial charge on any atom is -0.320 e. The van der Waals surface area contributed by atoms with Gasteiger partial charge < -0.3 is 5.32 Å². The molecule has 0 aliphatic rings. The molecule has 2 rings (SSSR count). The maximum absolute atomic E-state index is 12.8. The van der Waals surface area contributed by atoms with Crippen molar-refractivity contribution in [1.29, 1.82) is 0 Å². The first kappa shape index (κ1) is 19.8. The number of nitrogens with one attached hydrogen (secondary N) is 2. The van der Waals surface area contributed by atoms with E-state index < -0.39 is 21.5 Å². The molecule has 0 atom stereocenters. The van der Waals surface area contributed by atoms with Crippen molar-refractivity contribution in [2.45, 2.75) is 32.6 Å². The minimum absolute atomic E-state index is 0.0265. The zero-order chi connectivity index (χ0) is 19.5. The lowest BCUT2D eigenvalue weighted by molar-refractivity contribution is 0.102. The minimum atomic E-state index is -3.65. The predicted octanol–water partition coefficient (Wildman–Crippen LogP) is 1.67. The summed E-state index contributed by atoms with van der Waals surface area (Å²) in [6, 6.07) is 5.53. The molecule has 2 N–H and O–H groups in total. The van der Waals surface area contributed by atoms with Crippen LogP contribution >= 0.6 is 0 Å². The lowest BCUT2D eigenvalue weighted by Gasteiger charge is -2.20. The summed E-state index contributed by atoms with van der Waals surface area (Å²) in [5.41, 5.74) is 1.48. The largest absolute Gasteiger partial charge is 0.320 e. The first-order chi connectivity index (χ1) is 12.2. The van der Waals surface area contributed by atoms with Crippen LogP contribution in [0.2, 0.25) is 0 Å². The van der Waals surface area contributed by atoms with Crippen LogP contribution in [0.3, 0.4) is 0 Å². The number of carbonyl (C=O) groups is 1. The Morgan fingerprint density at radius 2 is 1.85 bits per heavy atom. The number of anilines is 1. The summed E-state index contributed by atoms with van der Waals surface area (Å²) in [5.74, 6) is -0.541. The number of aromatic amines is 1. The van der Waals surface area contributed by atoms with E-state index >= 15 is 0 Å². The lowest BCUT2D eigenvalue weighted by atomic mass is 10.1. The molecule has 1 heterocycles. The fourth-order valence-electron chi connectivity index (χ4n) is 2.47. The molecule has 140 valence electrons. The van der Waals surface area contributed by atoms with Crippen molar-refractivity contribution in [2.75, 3.05) is 18.4 Å². The summed E-state index contributed by atoms with van der Waals surface area (Å²) < 4.78 is 26.9. The zero-order valence-corrected chi connectivity index (χ0v) is 16.0. The molecule has 0 radical (unpaired) electrons. The molecule has 0 bridgehead atoms. The van der Waals surface area contributed by atoms with E-state index in [2.05, 4.69) is 15.5 Å². The average molecular weight is 378 g/mol. The summed E-state index contributed by atoms with van der Waals surface area (Å²) in [6.07, 6.45) is 0. The van der Waals surface area contributed by atoms with E-state index in [0.29, 0.717) is 18.8 Å². The van der Waals surface area contributed by atoms with Crippen molar-refractivity contribution < 1.29 is 13.2 Å². The number of aromatic nitrogens is 2. The fraction of sp³-hybridized carbons (Fsp3) is 0.353. The summed E-state index contributed by atoms with van der Waals surface area (Å²) in [5, 5.41) is 8.53. The van der Waals surface area contributed by atoms with Crippen molar-refractivity contribution in [1.82, 2.24) is 14.5 Å². The summed E-state index contributed by atoms with van der Waals surface area (Å²) >= 11 is 0. The third-order valence-electron chi connectivity index (χ3n) is 4.14. The Morgan fingerprint density at radius 3 is 2.38 bits per heavy atom. The number of H-pyrrole nitrogens is 1. The smallest absolute Gasteiger partial charge is 0.276 e. The second kappa shape index (κ2) is 7.79. The Bertz CT molecular complexity index is 958. The van der Waals surface area contributed by atoms with Crippen LogP contribution in [0.4, 0.5) is 5.69 Å². The quantitative estimate of drug-likeness (QED) is 0.794. The van der Waals surface area contributed by atoms with Gasteiger partial charge in [0.2, 0.25) is 10.0 Å². The summed E-state index contributed by atoms with van der Waals surface area (Å²) in [6.45, 7) is 7.83. The van der Waals surface area contributed by atoms with Gasteiger partial charge >= 0.3 is 0 Å². The molecule has 1 aromatic heterocycles. The molecule has 8 nitrogen and oxygen atoms in total. The van der Waals surface area contributed by atoms with Gasteiger partial charge in [-0.1, -0.05) is 13.8 Å². The van der Waals surface area contributed by atoms with E-state index in [1.54, 1.807) is 33.8 Å². The number of rotatable bonds is 6. The van der Waals surface area contributed by atoms with Crippen molar-refractivity contribution in [3.8, 4) is 0 Å². The Morgan fingerprint density at radius 1 is 1.19 bits per heavy atom. The number of hydrogen-bond donors (Lipinski definition) is 2. The molecule has 0 spiro atoms.